The molecule has 0 radical (unpaired) electrons. The quantitative estimate of drug-likeness (QED) is 0.518. The van der Waals surface area contributed by atoms with Crippen LogP contribution in [0.3, 0.4) is 0 Å². The molecule has 0 aliphatic carbocycles. The van der Waals surface area contributed by atoms with E-state index in [0.29, 0.717) is 17.2 Å². The Labute approximate surface area is 180 Å². The Morgan fingerprint density at radius 3 is 2.26 bits per heavy atom. The van der Waals surface area contributed by atoms with Gasteiger partial charge >= 0.3 is 6.18 Å². The third kappa shape index (κ3) is 6.96. The number of carbonyl (C=O) groups excluding carboxylic acids is 1. The smallest absolute Gasteiger partial charge is 0.419 e. The molecule has 1 amide bonds. The molecule has 0 bridgehead atoms. The van der Waals surface area contributed by atoms with Gasteiger partial charge in [-0.15, -0.1) is 0 Å². The van der Waals surface area contributed by atoms with Crippen molar-refractivity contribution in [2.24, 2.45) is 0 Å². The summed E-state index contributed by atoms with van der Waals surface area (Å²) in [6.07, 6.45) is -4.57. The number of ether oxygens (including phenoxy) is 1. The second kappa shape index (κ2) is 10.3. The van der Waals surface area contributed by atoms with Gasteiger partial charge in [0, 0.05) is 28.0 Å². The minimum atomic E-state index is -4.57. The van der Waals surface area contributed by atoms with Crippen LogP contribution in [0.4, 0.5) is 18.9 Å². The summed E-state index contributed by atoms with van der Waals surface area (Å²) in [5.74, 6) is -0.271. The normalized spacial score (nSPS) is 12.2. The highest BCUT2D eigenvalue weighted by Gasteiger charge is 2.34. The maximum atomic E-state index is 13.0. The van der Waals surface area contributed by atoms with Gasteiger partial charge in [0.15, 0.2) is 6.61 Å². The molecule has 162 valence electrons. The van der Waals surface area contributed by atoms with E-state index in [1.165, 1.54) is 18.2 Å². The van der Waals surface area contributed by atoms with Gasteiger partial charge in [-0.2, -0.15) is 13.2 Å². The average Bonchev–Trinajstić information content (AvgIpc) is 2.73. The molecular formula is C23H20F3NO3S. The zero-order valence-electron chi connectivity index (χ0n) is 16.4. The highest BCUT2D eigenvalue weighted by Crippen LogP contribution is 2.35. The van der Waals surface area contributed by atoms with Crippen LogP contribution in [0.2, 0.25) is 0 Å². The number of alkyl halides is 3. The van der Waals surface area contributed by atoms with Crippen LogP contribution in [0.5, 0.6) is 5.75 Å². The Hall–Kier alpha value is -3.13. The van der Waals surface area contributed by atoms with Crippen molar-refractivity contribution in [2.45, 2.75) is 17.7 Å². The average molecular weight is 447 g/mol. The zero-order valence-corrected chi connectivity index (χ0v) is 17.2. The molecule has 0 saturated carbocycles. The maximum Gasteiger partial charge on any atom is 0.419 e. The van der Waals surface area contributed by atoms with Crippen molar-refractivity contribution in [3.63, 3.8) is 0 Å². The lowest BCUT2D eigenvalue weighted by Crippen LogP contribution is -2.21. The van der Waals surface area contributed by atoms with E-state index in [9.17, 15) is 22.2 Å². The Morgan fingerprint density at radius 1 is 0.871 bits per heavy atom. The van der Waals surface area contributed by atoms with Crippen molar-refractivity contribution in [3.05, 3.63) is 95.6 Å². The van der Waals surface area contributed by atoms with E-state index in [2.05, 4.69) is 5.32 Å². The van der Waals surface area contributed by atoms with E-state index in [-0.39, 0.29) is 0 Å². The second-order valence-corrected chi connectivity index (χ2v) is 8.20. The molecule has 3 aromatic carbocycles. The van der Waals surface area contributed by atoms with Crippen molar-refractivity contribution in [2.75, 3.05) is 11.9 Å². The number of hydrogen-bond acceptors (Lipinski definition) is 3. The van der Waals surface area contributed by atoms with Crippen LogP contribution < -0.4 is 10.1 Å². The van der Waals surface area contributed by atoms with Crippen molar-refractivity contribution in [3.8, 4) is 5.75 Å². The number of para-hydroxylation sites is 1. The SMILES string of the molecule is O=C(COc1ccccc1C(F)(F)F)Nc1cccc(CS(=O)Cc2ccccc2)c1. The van der Waals surface area contributed by atoms with Gasteiger partial charge in [-0.05, 0) is 35.4 Å². The summed E-state index contributed by atoms with van der Waals surface area (Å²) < 4.78 is 56.5. The molecule has 0 spiro atoms. The molecule has 1 atom stereocenters. The Balaban J connectivity index is 1.56. The van der Waals surface area contributed by atoms with E-state index in [1.807, 2.05) is 30.3 Å². The van der Waals surface area contributed by atoms with E-state index >= 15 is 0 Å². The molecule has 31 heavy (non-hydrogen) atoms. The fourth-order valence-corrected chi connectivity index (χ4v) is 4.12. The topological polar surface area (TPSA) is 55.4 Å². The minimum Gasteiger partial charge on any atom is -0.483 e. The van der Waals surface area contributed by atoms with Gasteiger partial charge in [-0.3, -0.25) is 9.00 Å². The lowest BCUT2D eigenvalue weighted by Gasteiger charge is -2.13. The fourth-order valence-electron chi connectivity index (χ4n) is 2.90. The standard InChI is InChI=1S/C23H20F3NO3S/c24-23(25,26)20-11-4-5-12-21(20)30-14-22(28)27-19-10-6-9-18(13-19)16-31(29)15-17-7-2-1-3-8-17/h1-13H,14-16H2,(H,27,28). The molecule has 8 heteroatoms. The van der Waals surface area contributed by atoms with Crippen molar-refractivity contribution >= 4 is 22.4 Å². The zero-order chi connectivity index (χ0) is 22.3. The summed E-state index contributed by atoms with van der Waals surface area (Å²) in [6.45, 7) is -0.572. The van der Waals surface area contributed by atoms with Gasteiger partial charge in [0.2, 0.25) is 0 Å². The second-order valence-electron chi connectivity index (χ2n) is 6.75. The number of carbonyl (C=O) groups is 1. The van der Waals surface area contributed by atoms with Crippen molar-refractivity contribution in [1.82, 2.24) is 0 Å². The van der Waals surface area contributed by atoms with E-state index in [4.69, 9.17) is 4.74 Å². The fraction of sp³-hybridized carbons (Fsp3) is 0.174. The molecular weight excluding hydrogens is 427 g/mol. The Morgan fingerprint density at radius 2 is 1.52 bits per heavy atom. The highest BCUT2D eigenvalue weighted by molar-refractivity contribution is 7.83. The van der Waals surface area contributed by atoms with Gasteiger partial charge < -0.3 is 10.1 Å². The Kier molecular flexibility index (Phi) is 7.46. The van der Waals surface area contributed by atoms with Crippen LogP contribution in [-0.4, -0.2) is 16.7 Å². The number of anilines is 1. The number of halogens is 3. The van der Waals surface area contributed by atoms with Gasteiger partial charge in [0.1, 0.15) is 5.75 Å². The minimum absolute atomic E-state index is 0.314. The molecule has 0 aliphatic rings. The molecule has 0 heterocycles. The first kappa shape index (κ1) is 22.6. The summed E-state index contributed by atoms with van der Waals surface area (Å²) in [5.41, 5.74) is 1.26. The summed E-state index contributed by atoms with van der Waals surface area (Å²) in [4.78, 5) is 12.1. The van der Waals surface area contributed by atoms with E-state index in [1.54, 1.807) is 24.3 Å². The van der Waals surface area contributed by atoms with Crippen LogP contribution in [-0.2, 0) is 33.3 Å². The van der Waals surface area contributed by atoms with E-state index < -0.39 is 40.8 Å². The highest BCUT2D eigenvalue weighted by atomic mass is 32.2. The van der Waals surface area contributed by atoms with Crippen LogP contribution in [0, 0.1) is 0 Å². The number of nitrogens with one attached hydrogen (secondary N) is 1. The first-order valence-electron chi connectivity index (χ1n) is 9.38. The predicted molar refractivity (Wildman–Crippen MR) is 114 cm³/mol. The van der Waals surface area contributed by atoms with Crippen LogP contribution in [0.15, 0.2) is 78.9 Å². The van der Waals surface area contributed by atoms with E-state index in [0.717, 1.165) is 17.2 Å². The third-order valence-electron chi connectivity index (χ3n) is 4.26. The lowest BCUT2D eigenvalue weighted by molar-refractivity contribution is -0.139. The first-order chi connectivity index (χ1) is 14.8. The van der Waals surface area contributed by atoms with Crippen LogP contribution >= 0.6 is 0 Å². The monoisotopic (exact) mass is 447 g/mol. The first-order valence-corrected chi connectivity index (χ1v) is 10.9. The molecule has 4 nitrogen and oxygen atoms in total. The summed E-state index contributed by atoms with van der Waals surface area (Å²) in [6, 6.07) is 21.0. The molecule has 0 saturated heterocycles. The molecule has 1 N–H and O–H groups in total. The molecule has 1 unspecified atom stereocenters. The van der Waals surface area contributed by atoms with Gasteiger partial charge in [0.25, 0.3) is 5.91 Å². The summed E-state index contributed by atoms with van der Waals surface area (Å²) in [7, 11) is -1.13. The molecule has 3 rings (SSSR count). The van der Waals surface area contributed by atoms with Crippen molar-refractivity contribution in [1.29, 1.82) is 0 Å². The van der Waals surface area contributed by atoms with Gasteiger partial charge in [0.05, 0.1) is 5.56 Å². The maximum absolute atomic E-state index is 13.0. The van der Waals surface area contributed by atoms with Gasteiger partial charge in [-0.1, -0.05) is 54.6 Å². The largest absolute Gasteiger partial charge is 0.483 e. The summed E-state index contributed by atoms with van der Waals surface area (Å²) in [5, 5.41) is 2.59. The van der Waals surface area contributed by atoms with Crippen LogP contribution in [0.25, 0.3) is 0 Å². The van der Waals surface area contributed by atoms with Crippen LogP contribution in [0.1, 0.15) is 16.7 Å². The number of benzene rings is 3. The molecule has 0 fully saturated rings. The predicted octanol–water partition coefficient (Wildman–Crippen LogP) is 5.17. The lowest BCUT2D eigenvalue weighted by atomic mass is 10.2. The molecule has 0 aliphatic heterocycles. The third-order valence-corrected chi connectivity index (χ3v) is 5.57. The van der Waals surface area contributed by atoms with Gasteiger partial charge in [-0.25, -0.2) is 0 Å². The summed E-state index contributed by atoms with van der Waals surface area (Å²) >= 11 is 0. The number of hydrogen-bond donors (Lipinski definition) is 1. The van der Waals surface area contributed by atoms with Crippen molar-refractivity contribution < 1.29 is 26.9 Å². The number of rotatable bonds is 8. The Bertz CT molecular complexity index is 1060. The number of amides is 1. The molecule has 3 aromatic rings. The molecule has 0 aromatic heterocycles.